The number of nitrogens with zero attached hydrogens (tertiary/aromatic N) is 3. The molecule has 2 N–H and O–H groups in total. The van der Waals surface area contributed by atoms with E-state index in [1.165, 1.54) is 6.33 Å². The van der Waals surface area contributed by atoms with Crippen molar-refractivity contribution in [2.75, 3.05) is 17.5 Å². The van der Waals surface area contributed by atoms with E-state index in [1.54, 1.807) is 13.8 Å². The minimum absolute atomic E-state index is 0.194. The van der Waals surface area contributed by atoms with E-state index in [9.17, 15) is 4.79 Å². The monoisotopic (exact) mass is 258 g/mol. The molecule has 0 radical (unpaired) electrons. The molecule has 1 rings (SSSR count). The van der Waals surface area contributed by atoms with Crippen molar-refractivity contribution in [2.45, 2.75) is 13.8 Å². The lowest BCUT2D eigenvalue weighted by molar-refractivity contribution is 0.256. The summed E-state index contributed by atoms with van der Waals surface area (Å²) >= 11 is 3.96. The maximum Gasteiger partial charge on any atom is 0.329 e. The molecule has 0 saturated carbocycles. The first-order valence-corrected chi connectivity index (χ1v) is 5.40. The summed E-state index contributed by atoms with van der Waals surface area (Å²) in [7, 11) is 0. The maximum atomic E-state index is 11.1. The molecule has 0 aliphatic carbocycles. The van der Waals surface area contributed by atoms with Gasteiger partial charge in [-0.25, -0.2) is 9.10 Å². The summed E-state index contributed by atoms with van der Waals surface area (Å²) in [6, 6.07) is -0.773. The molecule has 1 aromatic rings. The summed E-state index contributed by atoms with van der Waals surface area (Å²) in [5, 5.41) is 0. The summed E-state index contributed by atoms with van der Waals surface area (Å²) in [5.41, 5.74) is 5.34. The molecule has 0 atom stereocenters. The number of amides is 2. The first-order valence-electron chi connectivity index (χ1n) is 5.00. The van der Waals surface area contributed by atoms with Crippen LogP contribution in [0.4, 0.5) is 10.5 Å². The Morgan fingerprint density at radius 3 is 2.18 bits per heavy atom. The summed E-state index contributed by atoms with van der Waals surface area (Å²) in [6.07, 6.45) is 1.28. The molecule has 0 aromatic carbocycles. The van der Waals surface area contributed by atoms with Gasteiger partial charge < -0.3 is 15.2 Å². The van der Waals surface area contributed by atoms with Crippen LogP contribution in [0.1, 0.15) is 13.8 Å². The van der Waals surface area contributed by atoms with Gasteiger partial charge >= 0.3 is 6.03 Å². The lowest BCUT2D eigenvalue weighted by Crippen LogP contribution is -2.28. The molecule has 1 heterocycles. The van der Waals surface area contributed by atoms with E-state index in [0.717, 1.165) is 4.31 Å². The largest absolute Gasteiger partial charge is 0.476 e. The van der Waals surface area contributed by atoms with Crippen LogP contribution < -0.4 is 19.5 Å². The van der Waals surface area contributed by atoms with E-state index >= 15 is 0 Å². The zero-order chi connectivity index (χ0) is 12.8. The molecule has 0 unspecified atom stereocenters. The van der Waals surface area contributed by atoms with Gasteiger partial charge in [-0.1, -0.05) is 12.8 Å². The van der Waals surface area contributed by atoms with Crippen molar-refractivity contribution in [2.24, 2.45) is 5.73 Å². The van der Waals surface area contributed by atoms with Gasteiger partial charge in [0.1, 0.15) is 6.33 Å². The van der Waals surface area contributed by atoms with Gasteiger partial charge in [0, 0.05) is 0 Å². The van der Waals surface area contributed by atoms with Crippen molar-refractivity contribution in [3.8, 4) is 11.8 Å². The van der Waals surface area contributed by atoms with Gasteiger partial charge in [-0.15, -0.1) is 0 Å². The molecule has 0 fully saturated rings. The highest BCUT2D eigenvalue weighted by Crippen LogP contribution is 2.35. The molecule has 94 valence electrons. The highest BCUT2D eigenvalue weighted by Gasteiger charge is 2.22. The fraction of sp³-hybridized carbons (Fsp3) is 0.444. The Morgan fingerprint density at radius 2 is 1.82 bits per heavy atom. The van der Waals surface area contributed by atoms with E-state index < -0.39 is 6.03 Å². The van der Waals surface area contributed by atoms with Gasteiger partial charge in [-0.2, -0.15) is 9.97 Å². The average molecular weight is 258 g/mol. The van der Waals surface area contributed by atoms with Gasteiger partial charge in [-0.05, 0) is 13.8 Å². The molecule has 0 bridgehead atoms. The van der Waals surface area contributed by atoms with E-state index in [-0.39, 0.29) is 17.4 Å². The van der Waals surface area contributed by atoms with Crippen LogP contribution in [0.25, 0.3) is 0 Å². The summed E-state index contributed by atoms with van der Waals surface area (Å²) in [5.74, 6) is 0.388. The third-order valence-corrected chi connectivity index (χ3v) is 2.13. The summed E-state index contributed by atoms with van der Waals surface area (Å²) in [6.45, 7) is 4.35. The summed E-state index contributed by atoms with van der Waals surface area (Å²) in [4.78, 5) is 18.9. The van der Waals surface area contributed by atoms with Crippen molar-refractivity contribution >= 4 is 24.5 Å². The van der Waals surface area contributed by atoms with Crippen LogP contribution in [0, 0.1) is 0 Å². The number of hydrogen-bond donors (Lipinski definition) is 2. The summed E-state index contributed by atoms with van der Waals surface area (Å²) < 4.78 is 11.4. The number of hydrogen-bond acceptors (Lipinski definition) is 6. The minimum Gasteiger partial charge on any atom is -0.476 e. The quantitative estimate of drug-likeness (QED) is 0.769. The first-order chi connectivity index (χ1) is 8.11. The van der Waals surface area contributed by atoms with E-state index in [1.807, 2.05) is 0 Å². The number of rotatable bonds is 5. The van der Waals surface area contributed by atoms with Gasteiger partial charge in [-0.3, -0.25) is 0 Å². The van der Waals surface area contributed by atoms with Crippen LogP contribution in [0.3, 0.4) is 0 Å². The standard InChI is InChI=1S/C9H14N4O3S/c1-3-15-7-6(13(17)9(10)14)8(16-4-2)12-5-11-7/h5,17H,3-4H2,1-2H3,(H2,10,14). The molecular formula is C9H14N4O3S. The van der Waals surface area contributed by atoms with E-state index in [0.29, 0.717) is 13.2 Å². The number of aromatic nitrogens is 2. The lowest BCUT2D eigenvalue weighted by Gasteiger charge is -2.18. The van der Waals surface area contributed by atoms with Gasteiger partial charge in [0.05, 0.1) is 13.2 Å². The predicted octanol–water partition coefficient (Wildman–Crippen LogP) is 1.00. The van der Waals surface area contributed by atoms with Crippen LogP contribution >= 0.6 is 12.8 Å². The third kappa shape index (κ3) is 3.13. The topological polar surface area (TPSA) is 90.6 Å². The Balaban J connectivity index is 3.22. The second-order valence-corrected chi connectivity index (χ2v) is 3.25. The third-order valence-electron chi connectivity index (χ3n) is 1.74. The van der Waals surface area contributed by atoms with Crippen LogP contribution in [0.2, 0.25) is 0 Å². The molecule has 0 spiro atoms. The number of ether oxygens (including phenoxy) is 2. The Kier molecular flexibility index (Phi) is 4.83. The fourth-order valence-corrected chi connectivity index (χ4v) is 1.29. The molecule has 2 amide bonds. The van der Waals surface area contributed by atoms with Crippen LogP contribution in [-0.2, 0) is 0 Å². The highest BCUT2D eigenvalue weighted by molar-refractivity contribution is 7.82. The van der Waals surface area contributed by atoms with E-state index in [4.69, 9.17) is 15.2 Å². The van der Waals surface area contributed by atoms with Crippen molar-refractivity contribution in [3.05, 3.63) is 6.33 Å². The Bertz CT molecular complexity index is 378. The van der Waals surface area contributed by atoms with Gasteiger partial charge in [0.2, 0.25) is 11.8 Å². The lowest BCUT2D eigenvalue weighted by atomic mass is 10.4. The van der Waals surface area contributed by atoms with Crippen molar-refractivity contribution in [1.82, 2.24) is 9.97 Å². The van der Waals surface area contributed by atoms with Crippen molar-refractivity contribution in [1.29, 1.82) is 0 Å². The van der Waals surface area contributed by atoms with E-state index in [2.05, 4.69) is 22.8 Å². The number of carbonyl (C=O) groups excluding carboxylic acids is 1. The number of anilines is 1. The SMILES string of the molecule is CCOc1ncnc(OCC)c1N(S)C(N)=O. The van der Waals surface area contributed by atoms with Crippen LogP contribution in [-0.4, -0.2) is 29.2 Å². The first kappa shape index (κ1) is 13.4. The van der Waals surface area contributed by atoms with Crippen molar-refractivity contribution < 1.29 is 14.3 Å². The fourth-order valence-electron chi connectivity index (χ4n) is 1.12. The molecule has 7 nitrogen and oxygen atoms in total. The zero-order valence-electron chi connectivity index (χ0n) is 9.58. The second kappa shape index (κ2) is 6.14. The predicted molar refractivity (Wildman–Crippen MR) is 65.4 cm³/mol. The average Bonchev–Trinajstić information content (AvgIpc) is 2.29. The van der Waals surface area contributed by atoms with Crippen molar-refractivity contribution in [3.63, 3.8) is 0 Å². The molecule has 0 aliphatic rings. The molecule has 17 heavy (non-hydrogen) atoms. The number of nitrogens with two attached hydrogens (primary N) is 1. The Labute approximate surface area is 104 Å². The van der Waals surface area contributed by atoms with Gasteiger partial charge in [0.25, 0.3) is 0 Å². The number of primary amides is 1. The molecular weight excluding hydrogens is 244 g/mol. The highest BCUT2D eigenvalue weighted by atomic mass is 32.1. The number of carbonyl (C=O) groups is 1. The molecule has 1 aromatic heterocycles. The second-order valence-electron chi connectivity index (χ2n) is 2.85. The zero-order valence-corrected chi connectivity index (χ0v) is 10.5. The minimum atomic E-state index is -0.773. The Hall–Kier alpha value is -1.70. The number of thiol groups is 1. The van der Waals surface area contributed by atoms with Crippen LogP contribution in [0.15, 0.2) is 6.33 Å². The maximum absolute atomic E-state index is 11.1. The normalized spacial score (nSPS) is 9.82. The van der Waals surface area contributed by atoms with Gasteiger partial charge in [0.15, 0.2) is 5.69 Å². The molecule has 0 aliphatic heterocycles. The Morgan fingerprint density at radius 1 is 1.35 bits per heavy atom. The smallest absolute Gasteiger partial charge is 0.329 e. The molecule has 8 heteroatoms. The number of urea groups is 1. The van der Waals surface area contributed by atoms with Crippen LogP contribution in [0.5, 0.6) is 11.8 Å². The molecule has 0 saturated heterocycles.